The zero-order valence-electron chi connectivity index (χ0n) is 15.7. The summed E-state index contributed by atoms with van der Waals surface area (Å²) in [5.74, 6) is -0.613. The molecule has 2 aromatic heterocycles. The average Bonchev–Trinajstić information content (AvgIpc) is 2.71. The van der Waals surface area contributed by atoms with E-state index in [1.54, 1.807) is 54.5 Å². The van der Waals surface area contributed by atoms with Gasteiger partial charge in [-0.25, -0.2) is 4.98 Å². The van der Waals surface area contributed by atoms with Crippen LogP contribution in [0, 0.1) is 6.92 Å². The lowest BCUT2D eigenvalue weighted by Gasteiger charge is -2.17. The summed E-state index contributed by atoms with van der Waals surface area (Å²) in [6, 6.07) is 10.4. The second-order valence-corrected chi connectivity index (χ2v) is 6.46. The first-order valence-electron chi connectivity index (χ1n) is 8.91. The van der Waals surface area contributed by atoms with Crippen LogP contribution in [0.3, 0.4) is 0 Å². The number of benzene rings is 1. The molecule has 3 rings (SSSR count). The summed E-state index contributed by atoms with van der Waals surface area (Å²) in [4.78, 5) is 49.0. The molecule has 0 atom stereocenters. The Balaban J connectivity index is 1.52. The highest BCUT2D eigenvalue weighted by Crippen LogP contribution is 2.06. The third kappa shape index (κ3) is 4.40. The molecule has 0 aliphatic rings. The Morgan fingerprint density at radius 1 is 1.18 bits per heavy atom. The molecule has 144 valence electrons. The Kier molecular flexibility index (Phi) is 5.78. The van der Waals surface area contributed by atoms with Gasteiger partial charge >= 0.3 is 0 Å². The van der Waals surface area contributed by atoms with Gasteiger partial charge in [-0.05, 0) is 37.6 Å². The molecular formula is C20H21N5O3. The number of rotatable bonds is 6. The highest BCUT2D eigenvalue weighted by Gasteiger charge is 2.13. The van der Waals surface area contributed by atoms with E-state index < -0.39 is 5.91 Å². The number of aromatic amines is 1. The van der Waals surface area contributed by atoms with E-state index in [4.69, 9.17) is 0 Å². The van der Waals surface area contributed by atoms with E-state index in [2.05, 4.69) is 20.3 Å². The second kappa shape index (κ2) is 8.43. The third-order valence-electron chi connectivity index (χ3n) is 4.29. The van der Waals surface area contributed by atoms with Gasteiger partial charge in [0.25, 0.3) is 17.4 Å². The molecule has 8 heteroatoms. The Morgan fingerprint density at radius 2 is 1.96 bits per heavy atom. The first-order valence-corrected chi connectivity index (χ1v) is 8.91. The molecule has 2 N–H and O–H groups in total. The topological polar surface area (TPSA) is 108 Å². The smallest absolute Gasteiger partial charge is 0.287 e. The van der Waals surface area contributed by atoms with Crippen LogP contribution in [-0.2, 0) is 0 Å². The average molecular weight is 379 g/mol. The molecule has 0 aliphatic heterocycles. The van der Waals surface area contributed by atoms with Gasteiger partial charge in [-0.15, -0.1) is 0 Å². The number of para-hydroxylation sites is 1. The maximum Gasteiger partial charge on any atom is 0.287 e. The van der Waals surface area contributed by atoms with Crippen LogP contribution in [0.5, 0.6) is 0 Å². The predicted octanol–water partition coefficient (Wildman–Crippen LogP) is 1.52. The lowest BCUT2D eigenvalue weighted by Crippen LogP contribution is -2.32. The molecule has 0 bridgehead atoms. The number of pyridine rings is 1. The number of amides is 2. The summed E-state index contributed by atoms with van der Waals surface area (Å²) in [6.07, 6.45) is 2.11. The van der Waals surface area contributed by atoms with Crippen LogP contribution in [-0.4, -0.2) is 51.8 Å². The van der Waals surface area contributed by atoms with Crippen molar-refractivity contribution in [3.8, 4) is 0 Å². The summed E-state index contributed by atoms with van der Waals surface area (Å²) < 4.78 is 0. The van der Waals surface area contributed by atoms with E-state index in [0.717, 1.165) is 5.69 Å². The quantitative estimate of drug-likeness (QED) is 0.631. The molecule has 0 saturated carbocycles. The van der Waals surface area contributed by atoms with E-state index in [-0.39, 0.29) is 17.3 Å². The van der Waals surface area contributed by atoms with Gasteiger partial charge in [0, 0.05) is 32.0 Å². The van der Waals surface area contributed by atoms with Crippen molar-refractivity contribution < 1.29 is 9.59 Å². The zero-order valence-corrected chi connectivity index (χ0v) is 15.7. The van der Waals surface area contributed by atoms with Gasteiger partial charge in [0.1, 0.15) is 0 Å². The number of hydrogen-bond donors (Lipinski definition) is 2. The Labute approximate surface area is 161 Å². The van der Waals surface area contributed by atoms with Gasteiger partial charge in [-0.1, -0.05) is 12.1 Å². The fourth-order valence-electron chi connectivity index (χ4n) is 2.71. The predicted molar refractivity (Wildman–Crippen MR) is 105 cm³/mol. The van der Waals surface area contributed by atoms with Gasteiger partial charge in [-0.2, -0.15) is 0 Å². The van der Waals surface area contributed by atoms with Crippen molar-refractivity contribution in [3.63, 3.8) is 0 Å². The zero-order chi connectivity index (χ0) is 20.1. The van der Waals surface area contributed by atoms with Gasteiger partial charge in [0.05, 0.1) is 16.5 Å². The molecule has 2 heterocycles. The molecule has 0 spiro atoms. The van der Waals surface area contributed by atoms with Gasteiger partial charge < -0.3 is 15.2 Å². The lowest BCUT2D eigenvalue weighted by atomic mass is 10.2. The molecule has 0 radical (unpaired) electrons. The van der Waals surface area contributed by atoms with Crippen molar-refractivity contribution in [2.24, 2.45) is 0 Å². The Bertz CT molecular complexity index is 1060. The number of fused-ring (bicyclic) bond motifs is 1. The van der Waals surface area contributed by atoms with Crippen LogP contribution in [0.4, 0.5) is 0 Å². The van der Waals surface area contributed by atoms with Crippen molar-refractivity contribution in [2.45, 2.75) is 13.3 Å². The summed E-state index contributed by atoms with van der Waals surface area (Å²) >= 11 is 0. The molecule has 0 fully saturated rings. The normalized spacial score (nSPS) is 10.6. The van der Waals surface area contributed by atoms with Crippen molar-refractivity contribution >= 4 is 22.7 Å². The van der Waals surface area contributed by atoms with E-state index in [9.17, 15) is 14.4 Å². The van der Waals surface area contributed by atoms with Crippen LogP contribution in [0.1, 0.15) is 33.1 Å². The number of hydrogen-bond acceptors (Lipinski definition) is 5. The molecular weight excluding hydrogens is 358 g/mol. The Hall–Kier alpha value is -3.55. The minimum Gasteiger partial charge on any atom is -0.349 e. The number of nitrogens with zero attached hydrogens (tertiary/aromatic N) is 3. The van der Waals surface area contributed by atoms with Crippen molar-refractivity contribution in [1.82, 2.24) is 25.2 Å². The molecule has 3 aromatic rings. The Morgan fingerprint density at radius 3 is 2.71 bits per heavy atom. The van der Waals surface area contributed by atoms with Crippen LogP contribution >= 0.6 is 0 Å². The van der Waals surface area contributed by atoms with Gasteiger partial charge in [0.15, 0.2) is 5.82 Å². The van der Waals surface area contributed by atoms with Crippen LogP contribution in [0.2, 0.25) is 0 Å². The van der Waals surface area contributed by atoms with Crippen molar-refractivity contribution in [1.29, 1.82) is 0 Å². The summed E-state index contributed by atoms with van der Waals surface area (Å²) in [7, 11) is 1.70. The van der Waals surface area contributed by atoms with E-state index >= 15 is 0 Å². The molecule has 0 saturated heterocycles. The second-order valence-electron chi connectivity index (χ2n) is 6.46. The van der Waals surface area contributed by atoms with Gasteiger partial charge in [-0.3, -0.25) is 19.4 Å². The number of H-pyrrole nitrogens is 1. The van der Waals surface area contributed by atoms with E-state index in [0.29, 0.717) is 36.0 Å². The van der Waals surface area contributed by atoms with E-state index in [1.807, 2.05) is 6.92 Å². The van der Waals surface area contributed by atoms with Crippen molar-refractivity contribution in [3.05, 3.63) is 70.0 Å². The highest BCUT2D eigenvalue weighted by molar-refractivity contribution is 5.94. The highest BCUT2D eigenvalue weighted by atomic mass is 16.2. The first-order chi connectivity index (χ1) is 13.5. The molecule has 0 unspecified atom stereocenters. The van der Waals surface area contributed by atoms with Crippen LogP contribution in [0.25, 0.3) is 10.9 Å². The number of aromatic nitrogens is 3. The van der Waals surface area contributed by atoms with Crippen molar-refractivity contribution in [2.75, 3.05) is 20.1 Å². The largest absolute Gasteiger partial charge is 0.349 e. The number of nitrogens with one attached hydrogen (secondary N) is 2. The molecule has 0 aliphatic carbocycles. The summed E-state index contributed by atoms with van der Waals surface area (Å²) in [5, 5.41) is 3.15. The summed E-state index contributed by atoms with van der Waals surface area (Å²) in [6.45, 7) is 2.67. The first kappa shape index (κ1) is 19.2. The van der Waals surface area contributed by atoms with E-state index in [1.165, 1.54) is 0 Å². The number of carbonyl (C=O) groups excluding carboxylic acids is 2. The molecule has 1 aromatic carbocycles. The third-order valence-corrected chi connectivity index (χ3v) is 4.29. The minimum absolute atomic E-state index is 0.0288. The summed E-state index contributed by atoms with van der Waals surface area (Å²) in [5.41, 5.74) is 1.48. The molecule has 28 heavy (non-hydrogen) atoms. The lowest BCUT2D eigenvalue weighted by molar-refractivity contribution is 0.0793. The molecule has 2 amide bonds. The fraction of sp³-hybridized carbons (Fsp3) is 0.250. The van der Waals surface area contributed by atoms with Crippen LogP contribution < -0.4 is 10.9 Å². The number of carbonyl (C=O) groups is 2. The van der Waals surface area contributed by atoms with Gasteiger partial charge in [0.2, 0.25) is 0 Å². The number of aryl methyl sites for hydroxylation is 1. The standard InChI is InChI=1S/C20H21N5O3/c1-13-8-9-14(12-22-13)20(28)25(2)11-5-10-21-19(27)17-23-16-7-4-3-6-15(16)18(26)24-17/h3-4,6-9,12H,5,10-11H2,1-2H3,(H,21,27)(H,23,24,26). The minimum atomic E-state index is -0.459. The SMILES string of the molecule is Cc1ccc(C(=O)N(C)CCCNC(=O)c2nc3ccccc3c(=O)[nH]2)cn1. The monoisotopic (exact) mass is 379 g/mol. The molecule has 8 nitrogen and oxygen atoms in total. The van der Waals surface area contributed by atoms with Crippen LogP contribution in [0.15, 0.2) is 47.4 Å². The maximum atomic E-state index is 12.3. The fourth-order valence-corrected chi connectivity index (χ4v) is 2.71. The maximum absolute atomic E-state index is 12.3.